The number of aliphatic carboxylic acids is 1. The second-order valence-corrected chi connectivity index (χ2v) is 3.39. The van der Waals surface area contributed by atoms with Crippen molar-refractivity contribution in [2.75, 3.05) is 0 Å². The van der Waals surface area contributed by atoms with Gasteiger partial charge in [0.2, 0.25) is 0 Å². The van der Waals surface area contributed by atoms with Crippen molar-refractivity contribution in [2.45, 2.75) is 12.2 Å². The molecule has 0 aliphatic heterocycles. The number of aromatic hydroxyl groups is 1. The first kappa shape index (κ1) is 13.8. The Kier molecular flexibility index (Phi) is 3.48. The van der Waals surface area contributed by atoms with Crippen molar-refractivity contribution in [3.05, 3.63) is 28.8 Å². The first-order chi connectivity index (χ1) is 8.18. The minimum absolute atomic E-state index is 0.424. The van der Waals surface area contributed by atoms with E-state index in [1.54, 1.807) is 0 Å². The van der Waals surface area contributed by atoms with E-state index in [1.807, 2.05) is 0 Å². The van der Waals surface area contributed by atoms with Gasteiger partial charge in [-0.1, -0.05) is 0 Å². The van der Waals surface area contributed by atoms with E-state index in [0.717, 1.165) is 6.07 Å². The Morgan fingerprint density at radius 1 is 1.44 bits per heavy atom. The number of nitriles is 1. The predicted octanol–water partition coefficient (Wildman–Crippen LogP) is 1.37. The molecule has 0 aromatic heterocycles. The molecule has 0 fully saturated rings. The van der Waals surface area contributed by atoms with Crippen molar-refractivity contribution >= 4 is 5.97 Å². The number of nitrogens with zero attached hydrogens (tertiary/aromatic N) is 1. The summed E-state index contributed by atoms with van der Waals surface area (Å²) in [6.07, 6.45) is -4.91. The van der Waals surface area contributed by atoms with E-state index in [2.05, 4.69) is 0 Å². The second-order valence-electron chi connectivity index (χ2n) is 3.39. The normalized spacial score (nSPS) is 12.8. The minimum Gasteiger partial charge on any atom is -0.507 e. The highest BCUT2D eigenvalue weighted by atomic mass is 19.4. The monoisotopic (exact) mass is 260 g/mol. The van der Waals surface area contributed by atoms with Gasteiger partial charge in [-0.05, 0) is 12.1 Å². The topological polar surface area (TPSA) is 107 Å². The van der Waals surface area contributed by atoms with Crippen LogP contribution in [0.3, 0.4) is 0 Å². The number of benzene rings is 1. The molecule has 0 amide bonds. The summed E-state index contributed by atoms with van der Waals surface area (Å²) in [6, 6.07) is 0.826. The molecule has 4 N–H and O–H groups in total. The average molecular weight is 260 g/mol. The third-order valence-electron chi connectivity index (χ3n) is 2.18. The number of hydrogen-bond donors (Lipinski definition) is 3. The molecule has 1 atom stereocenters. The Morgan fingerprint density at radius 2 is 2.00 bits per heavy atom. The van der Waals surface area contributed by atoms with Crippen molar-refractivity contribution in [1.29, 1.82) is 5.26 Å². The third kappa shape index (κ3) is 2.52. The van der Waals surface area contributed by atoms with Crippen molar-refractivity contribution in [3.63, 3.8) is 0 Å². The Labute approximate surface area is 98.9 Å². The lowest BCUT2D eigenvalue weighted by molar-refractivity contribution is -0.140. The lowest BCUT2D eigenvalue weighted by Crippen LogP contribution is -2.22. The van der Waals surface area contributed by atoms with Gasteiger partial charge in [-0.25, -0.2) is 0 Å². The van der Waals surface area contributed by atoms with Gasteiger partial charge in [0.1, 0.15) is 11.8 Å². The molecule has 18 heavy (non-hydrogen) atoms. The first-order valence-corrected chi connectivity index (χ1v) is 4.51. The van der Waals surface area contributed by atoms with Gasteiger partial charge >= 0.3 is 12.1 Å². The van der Waals surface area contributed by atoms with Gasteiger partial charge in [-0.3, -0.25) is 4.79 Å². The number of nitrogens with two attached hydrogens (primary N) is 1. The minimum atomic E-state index is -4.91. The fraction of sp³-hybridized carbons (Fsp3) is 0.200. The van der Waals surface area contributed by atoms with Crippen LogP contribution in [0.15, 0.2) is 12.1 Å². The van der Waals surface area contributed by atoms with Crippen LogP contribution in [-0.4, -0.2) is 16.2 Å². The number of halogens is 3. The molecule has 0 aliphatic rings. The molecule has 8 heteroatoms. The molecule has 1 aromatic carbocycles. The zero-order valence-electron chi connectivity index (χ0n) is 8.69. The third-order valence-corrected chi connectivity index (χ3v) is 2.18. The number of hydrogen-bond acceptors (Lipinski definition) is 4. The standard InChI is InChI=1S/C10H7F3N2O3/c11-10(12,13)6-2-4(3-14)1-5(8(6)16)7(15)9(17)18/h1-2,7,16H,15H2,(H,17,18)/t7-/m0/s1. The van der Waals surface area contributed by atoms with E-state index in [0.29, 0.717) is 6.07 Å². The summed E-state index contributed by atoms with van der Waals surface area (Å²) >= 11 is 0. The summed E-state index contributed by atoms with van der Waals surface area (Å²) in [5, 5.41) is 26.6. The van der Waals surface area contributed by atoms with Crippen molar-refractivity contribution in [3.8, 4) is 11.8 Å². The summed E-state index contributed by atoms with van der Waals surface area (Å²) < 4.78 is 37.7. The van der Waals surface area contributed by atoms with Crippen molar-refractivity contribution < 1.29 is 28.2 Å². The number of carboxylic acid groups (broad SMARTS) is 1. The van der Waals surface area contributed by atoms with Crippen LogP contribution in [0.4, 0.5) is 13.2 Å². The van der Waals surface area contributed by atoms with E-state index in [4.69, 9.17) is 16.1 Å². The second kappa shape index (κ2) is 4.54. The predicted molar refractivity (Wildman–Crippen MR) is 52.4 cm³/mol. The molecule has 5 nitrogen and oxygen atoms in total. The van der Waals surface area contributed by atoms with Gasteiger partial charge < -0.3 is 15.9 Å². The zero-order valence-corrected chi connectivity index (χ0v) is 8.69. The molecular weight excluding hydrogens is 253 g/mol. The highest BCUT2D eigenvalue weighted by Crippen LogP contribution is 2.39. The van der Waals surface area contributed by atoms with Gasteiger partial charge in [-0.2, -0.15) is 18.4 Å². The Morgan fingerprint density at radius 3 is 2.39 bits per heavy atom. The van der Waals surface area contributed by atoms with Crippen LogP contribution in [0.25, 0.3) is 0 Å². The Hall–Kier alpha value is -2.27. The lowest BCUT2D eigenvalue weighted by atomic mass is 9.99. The zero-order chi connectivity index (χ0) is 14.1. The summed E-state index contributed by atoms with van der Waals surface area (Å²) in [4.78, 5) is 10.6. The van der Waals surface area contributed by atoms with Crippen molar-refractivity contribution in [2.24, 2.45) is 5.73 Å². The number of carbonyl (C=O) groups is 1. The molecule has 1 aromatic rings. The molecule has 0 spiro atoms. The lowest BCUT2D eigenvalue weighted by Gasteiger charge is -2.15. The summed E-state index contributed by atoms with van der Waals surface area (Å²) in [5.41, 5.74) is 2.55. The number of carboxylic acids is 1. The molecule has 0 radical (unpaired) electrons. The summed E-state index contributed by atoms with van der Waals surface area (Å²) in [6.45, 7) is 0. The molecule has 0 saturated carbocycles. The molecule has 96 valence electrons. The van der Waals surface area contributed by atoms with Crippen LogP contribution in [0, 0.1) is 11.3 Å². The smallest absolute Gasteiger partial charge is 0.420 e. The van der Waals surface area contributed by atoms with E-state index in [1.165, 1.54) is 6.07 Å². The SMILES string of the molecule is N#Cc1cc([C@H](N)C(=O)O)c(O)c(C(F)(F)F)c1. The first-order valence-electron chi connectivity index (χ1n) is 4.51. The van der Waals surface area contributed by atoms with Crippen LogP contribution in [0.2, 0.25) is 0 Å². The summed E-state index contributed by atoms with van der Waals surface area (Å²) in [5.74, 6) is -2.90. The van der Waals surface area contributed by atoms with Gasteiger partial charge in [-0.15, -0.1) is 0 Å². The fourth-order valence-electron chi connectivity index (χ4n) is 1.31. The van der Waals surface area contributed by atoms with E-state index in [-0.39, 0.29) is 0 Å². The van der Waals surface area contributed by atoms with Crippen LogP contribution < -0.4 is 5.73 Å². The highest BCUT2D eigenvalue weighted by Gasteiger charge is 2.36. The maximum absolute atomic E-state index is 12.6. The number of rotatable bonds is 2. The largest absolute Gasteiger partial charge is 0.507 e. The molecule has 0 heterocycles. The number of phenolic OH excluding ortho intramolecular Hbond substituents is 1. The van der Waals surface area contributed by atoms with E-state index >= 15 is 0 Å². The fourth-order valence-corrected chi connectivity index (χ4v) is 1.31. The Bertz CT molecular complexity index is 534. The molecule has 0 bridgehead atoms. The molecule has 1 rings (SSSR count). The van der Waals surface area contributed by atoms with Gasteiger partial charge in [0, 0.05) is 5.56 Å². The molecule has 0 unspecified atom stereocenters. The number of alkyl halides is 3. The average Bonchev–Trinajstić information content (AvgIpc) is 2.26. The molecular formula is C10H7F3N2O3. The van der Waals surface area contributed by atoms with Crippen LogP contribution in [0.5, 0.6) is 5.75 Å². The molecule has 0 aliphatic carbocycles. The highest BCUT2D eigenvalue weighted by molar-refractivity contribution is 5.77. The van der Waals surface area contributed by atoms with Crippen LogP contribution >= 0.6 is 0 Å². The Balaban J connectivity index is 3.54. The van der Waals surface area contributed by atoms with Gasteiger partial charge in [0.05, 0.1) is 17.2 Å². The number of phenols is 1. The maximum Gasteiger partial charge on any atom is 0.420 e. The maximum atomic E-state index is 12.6. The van der Waals surface area contributed by atoms with E-state index < -0.39 is 40.6 Å². The summed E-state index contributed by atoms with van der Waals surface area (Å²) in [7, 11) is 0. The quantitative estimate of drug-likeness (QED) is 0.744. The van der Waals surface area contributed by atoms with Crippen LogP contribution in [-0.2, 0) is 11.0 Å². The van der Waals surface area contributed by atoms with Gasteiger partial charge in [0.25, 0.3) is 0 Å². The van der Waals surface area contributed by atoms with Gasteiger partial charge in [0.15, 0.2) is 0 Å². The molecule has 0 saturated heterocycles. The van der Waals surface area contributed by atoms with E-state index in [9.17, 15) is 23.1 Å². The van der Waals surface area contributed by atoms with Crippen LogP contribution in [0.1, 0.15) is 22.7 Å². The van der Waals surface area contributed by atoms with Crippen molar-refractivity contribution in [1.82, 2.24) is 0 Å².